The molecule has 3 rings (SSSR count). The molecule has 6 atom stereocenters. The third kappa shape index (κ3) is 3.34. The Balaban J connectivity index is 1.73. The van der Waals surface area contributed by atoms with Gasteiger partial charge in [0.2, 0.25) is 6.29 Å². The lowest BCUT2D eigenvalue weighted by molar-refractivity contribution is -0.188. The number of carbonyl (C=O) groups excluding carboxylic acids is 4. The van der Waals surface area contributed by atoms with E-state index in [1.807, 2.05) is 0 Å². The Morgan fingerprint density at radius 3 is 2.66 bits per heavy atom. The second-order valence-electron chi connectivity index (χ2n) is 7.69. The first-order chi connectivity index (χ1) is 13.7. The molecule has 0 aromatic heterocycles. The lowest BCUT2D eigenvalue weighted by atomic mass is 9.88. The van der Waals surface area contributed by atoms with E-state index in [0.29, 0.717) is 0 Å². The summed E-state index contributed by atoms with van der Waals surface area (Å²) in [5, 5.41) is 0. The molecule has 1 heterocycles. The van der Waals surface area contributed by atoms with Crippen molar-refractivity contribution < 1.29 is 42.5 Å². The SMILES string of the molecule is C=CCOC(=O)N1COC(=O)[C@]12C1[C@@H](C[C@@H]2F)[C@@H]1C(=O)O[C@@H](C)OC(=O)C(C)C. The molecule has 2 saturated carbocycles. The van der Waals surface area contributed by atoms with Gasteiger partial charge in [0.25, 0.3) is 0 Å². The van der Waals surface area contributed by atoms with Gasteiger partial charge in [0.15, 0.2) is 12.3 Å². The van der Waals surface area contributed by atoms with Gasteiger partial charge < -0.3 is 18.9 Å². The maximum atomic E-state index is 14.9. The summed E-state index contributed by atoms with van der Waals surface area (Å²) in [6.45, 7) is 7.53. The zero-order valence-electron chi connectivity index (χ0n) is 16.5. The number of alkyl halides is 1. The number of fused-ring (bicyclic) bond motifs is 2. The molecule has 29 heavy (non-hydrogen) atoms. The smallest absolute Gasteiger partial charge is 0.413 e. The predicted octanol–water partition coefficient (Wildman–Crippen LogP) is 1.56. The molecule has 0 radical (unpaired) electrons. The lowest BCUT2D eigenvalue weighted by Crippen LogP contribution is -2.58. The molecule has 0 bridgehead atoms. The molecule has 1 aliphatic heterocycles. The summed E-state index contributed by atoms with van der Waals surface area (Å²) in [4.78, 5) is 49.9. The first kappa shape index (κ1) is 21.1. The zero-order valence-corrected chi connectivity index (χ0v) is 16.5. The molecule has 3 fully saturated rings. The minimum absolute atomic E-state index is 0.0923. The van der Waals surface area contributed by atoms with Crippen molar-refractivity contribution >= 4 is 24.0 Å². The quantitative estimate of drug-likeness (QED) is 0.279. The van der Waals surface area contributed by atoms with E-state index < -0.39 is 72.4 Å². The van der Waals surface area contributed by atoms with Crippen molar-refractivity contribution in [2.24, 2.45) is 23.7 Å². The minimum atomic E-state index is -1.91. The number of amides is 1. The number of rotatable bonds is 6. The molecule has 1 spiro atoms. The molecule has 9 nitrogen and oxygen atoms in total. The van der Waals surface area contributed by atoms with Crippen LogP contribution in [0.15, 0.2) is 12.7 Å². The largest absolute Gasteiger partial charge is 0.445 e. The van der Waals surface area contributed by atoms with Crippen molar-refractivity contribution in [2.45, 2.75) is 45.2 Å². The van der Waals surface area contributed by atoms with Crippen LogP contribution in [0.4, 0.5) is 9.18 Å². The fraction of sp³-hybridized carbons (Fsp3) is 0.684. The molecule has 0 aromatic rings. The molecule has 1 amide bonds. The Kier molecular flexibility index (Phi) is 5.55. The summed E-state index contributed by atoms with van der Waals surface area (Å²) in [6, 6.07) is 0. The number of ether oxygens (including phenoxy) is 4. The van der Waals surface area contributed by atoms with Crippen molar-refractivity contribution in [3.8, 4) is 0 Å². The van der Waals surface area contributed by atoms with E-state index in [0.717, 1.165) is 4.90 Å². The van der Waals surface area contributed by atoms with Gasteiger partial charge in [0.05, 0.1) is 11.8 Å². The van der Waals surface area contributed by atoms with Crippen molar-refractivity contribution in [2.75, 3.05) is 13.3 Å². The van der Waals surface area contributed by atoms with Gasteiger partial charge in [-0.2, -0.15) is 0 Å². The van der Waals surface area contributed by atoms with Gasteiger partial charge in [-0.3, -0.25) is 14.5 Å². The summed E-state index contributed by atoms with van der Waals surface area (Å²) >= 11 is 0. The Morgan fingerprint density at radius 2 is 2.03 bits per heavy atom. The molecule has 0 N–H and O–H groups in total. The second kappa shape index (κ2) is 7.64. The summed E-state index contributed by atoms with van der Waals surface area (Å²) in [5.74, 6) is -4.61. The number of carbonyl (C=O) groups is 4. The highest BCUT2D eigenvalue weighted by atomic mass is 19.1. The number of halogens is 1. The van der Waals surface area contributed by atoms with Gasteiger partial charge in [0, 0.05) is 12.8 Å². The van der Waals surface area contributed by atoms with E-state index in [1.165, 1.54) is 13.0 Å². The number of nitrogens with zero attached hydrogens (tertiary/aromatic N) is 1. The third-order valence-corrected chi connectivity index (χ3v) is 5.58. The third-order valence-electron chi connectivity index (χ3n) is 5.58. The van der Waals surface area contributed by atoms with Gasteiger partial charge in [0.1, 0.15) is 12.8 Å². The molecule has 0 aromatic carbocycles. The van der Waals surface area contributed by atoms with Crippen LogP contribution in [0.3, 0.4) is 0 Å². The molecule has 160 valence electrons. The number of hydrogen-bond acceptors (Lipinski definition) is 8. The maximum absolute atomic E-state index is 14.9. The summed E-state index contributed by atoms with van der Waals surface area (Å²) in [7, 11) is 0. The molecular formula is C19H24FNO8. The van der Waals surface area contributed by atoms with Crippen LogP contribution in [-0.4, -0.2) is 60.2 Å². The van der Waals surface area contributed by atoms with Gasteiger partial charge >= 0.3 is 24.0 Å². The topological polar surface area (TPSA) is 108 Å². The van der Waals surface area contributed by atoms with E-state index >= 15 is 0 Å². The van der Waals surface area contributed by atoms with Crippen LogP contribution >= 0.6 is 0 Å². The average Bonchev–Trinajstić information content (AvgIpc) is 3.13. The predicted molar refractivity (Wildman–Crippen MR) is 93.5 cm³/mol. The fourth-order valence-corrected chi connectivity index (χ4v) is 4.26. The first-order valence-electron chi connectivity index (χ1n) is 9.43. The molecule has 1 unspecified atom stereocenters. The van der Waals surface area contributed by atoms with Crippen molar-refractivity contribution in [3.05, 3.63) is 12.7 Å². The second-order valence-corrected chi connectivity index (χ2v) is 7.69. The first-order valence-corrected chi connectivity index (χ1v) is 9.43. The van der Waals surface area contributed by atoms with Gasteiger partial charge in [-0.05, 0) is 12.3 Å². The normalized spacial score (nSPS) is 33.1. The molecule has 2 aliphatic carbocycles. The average molecular weight is 413 g/mol. The Morgan fingerprint density at radius 1 is 1.34 bits per heavy atom. The highest BCUT2D eigenvalue weighted by Gasteiger charge is 2.81. The maximum Gasteiger partial charge on any atom is 0.413 e. The fourth-order valence-electron chi connectivity index (χ4n) is 4.26. The van der Waals surface area contributed by atoms with Crippen molar-refractivity contribution in [1.82, 2.24) is 4.90 Å². The van der Waals surface area contributed by atoms with E-state index in [1.54, 1.807) is 13.8 Å². The van der Waals surface area contributed by atoms with Gasteiger partial charge in [-0.1, -0.05) is 26.5 Å². The number of esters is 3. The molecule has 1 saturated heterocycles. The van der Waals surface area contributed by atoms with Crippen LogP contribution in [0, 0.1) is 23.7 Å². The van der Waals surface area contributed by atoms with Crippen molar-refractivity contribution in [1.29, 1.82) is 0 Å². The van der Waals surface area contributed by atoms with Gasteiger partial charge in [-0.25, -0.2) is 14.0 Å². The highest BCUT2D eigenvalue weighted by molar-refractivity contribution is 5.93. The standard InChI is InChI=1S/C19H24FNO8/c1-5-6-26-18(25)21-8-27-17(24)19(21)12(20)7-11-13(14(11)19)16(23)29-10(4)28-15(22)9(2)3/h5,9-14H,1,6-8H2,2-4H3/t10-,11-,12-,13-,14?,19-/m0/s1. The van der Waals surface area contributed by atoms with E-state index in [-0.39, 0.29) is 13.0 Å². The van der Waals surface area contributed by atoms with E-state index in [9.17, 15) is 23.6 Å². The summed E-state index contributed by atoms with van der Waals surface area (Å²) < 4.78 is 35.0. The van der Waals surface area contributed by atoms with Crippen LogP contribution in [0.1, 0.15) is 27.2 Å². The van der Waals surface area contributed by atoms with E-state index in [4.69, 9.17) is 18.9 Å². The monoisotopic (exact) mass is 413 g/mol. The van der Waals surface area contributed by atoms with E-state index in [2.05, 4.69) is 6.58 Å². The Bertz CT molecular complexity index is 740. The number of hydrogen-bond donors (Lipinski definition) is 0. The van der Waals surface area contributed by atoms with Crippen LogP contribution in [0.25, 0.3) is 0 Å². The van der Waals surface area contributed by atoms with Crippen LogP contribution < -0.4 is 0 Å². The minimum Gasteiger partial charge on any atom is -0.445 e. The Labute approximate surface area is 167 Å². The molecular weight excluding hydrogens is 389 g/mol. The highest BCUT2D eigenvalue weighted by Crippen LogP contribution is 2.66. The van der Waals surface area contributed by atoms with Crippen molar-refractivity contribution in [3.63, 3.8) is 0 Å². The van der Waals surface area contributed by atoms with Gasteiger partial charge in [-0.15, -0.1) is 0 Å². The Hall–Kier alpha value is -2.65. The number of cyclic esters (lactones) is 1. The summed E-state index contributed by atoms with van der Waals surface area (Å²) in [5.41, 5.74) is -1.91. The van der Waals surface area contributed by atoms with Crippen LogP contribution in [-0.2, 0) is 33.3 Å². The van der Waals surface area contributed by atoms with Crippen LogP contribution in [0.2, 0.25) is 0 Å². The summed E-state index contributed by atoms with van der Waals surface area (Å²) in [6.07, 6.45) is -2.49. The van der Waals surface area contributed by atoms with Crippen LogP contribution in [0.5, 0.6) is 0 Å². The lowest BCUT2D eigenvalue weighted by Gasteiger charge is -2.33. The molecule has 3 aliphatic rings. The molecule has 10 heteroatoms. The zero-order chi connectivity index (χ0) is 21.5.